The number of nitrogens with zero attached hydrogens (tertiary/aromatic N) is 2. The van der Waals surface area contributed by atoms with Crippen LogP contribution in [-0.2, 0) is 14.8 Å². The van der Waals surface area contributed by atoms with Gasteiger partial charge < -0.3 is 4.74 Å². The van der Waals surface area contributed by atoms with E-state index in [1.54, 1.807) is 37.4 Å². The second kappa shape index (κ2) is 10.5. The Balaban J connectivity index is 1.74. The fraction of sp³-hybridized carbons (Fsp3) is 0.391. The van der Waals surface area contributed by atoms with Gasteiger partial charge >= 0.3 is 0 Å². The maximum absolute atomic E-state index is 13.3. The number of carbonyl (C=O) groups is 1. The summed E-state index contributed by atoms with van der Waals surface area (Å²) in [4.78, 5) is 12.8. The molecule has 0 spiro atoms. The van der Waals surface area contributed by atoms with E-state index < -0.39 is 15.9 Å². The van der Waals surface area contributed by atoms with Gasteiger partial charge in [-0.15, -0.1) is 0 Å². The van der Waals surface area contributed by atoms with E-state index in [0.717, 1.165) is 43.2 Å². The summed E-state index contributed by atoms with van der Waals surface area (Å²) in [6.45, 7) is 1.64. The number of hydrogen-bond donors (Lipinski definition) is 1. The molecule has 0 radical (unpaired) electrons. The molecular formula is C23H29N3O4S. The monoisotopic (exact) mass is 443 g/mol. The van der Waals surface area contributed by atoms with Gasteiger partial charge in [-0.2, -0.15) is 9.41 Å². The van der Waals surface area contributed by atoms with Gasteiger partial charge in [0.25, 0.3) is 5.91 Å². The number of ether oxygens (including phenoxy) is 1. The highest BCUT2D eigenvalue weighted by Gasteiger charge is 2.33. The molecular weight excluding hydrogens is 414 g/mol. The molecule has 0 aromatic heterocycles. The zero-order valence-corrected chi connectivity index (χ0v) is 18.8. The van der Waals surface area contributed by atoms with Gasteiger partial charge in [-0.1, -0.05) is 49.1 Å². The van der Waals surface area contributed by atoms with E-state index in [0.29, 0.717) is 5.75 Å². The second-order valence-corrected chi connectivity index (χ2v) is 9.62. The van der Waals surface area contributed by atoms with Crippen molar-refractivity contribution in [3.05, 3.63) is 59.7 Å². The highest BCUT2D eigenvalue weighted by Crippen LogP contribution is 2.27. The topological polar surface area (TPSA) is 88.1 Å². The van der Waals surface area contributed by atoms with E-state index in [2.05, 4.69) is 10.5 Å². The summed E-state index contributed by atoms with van der Waals surface area (Å²) in [6.07, 6.45) is 6.02. The Hall–Kier alpha value is -2.71. The molecule has 2 aromatic carbocycles. The molecule has 7 nitrogen and oxygen atoms in total. The third-order valence-electron chi connectivity index (χ3n) is 5.41. The Morgan fingerprint density at radius 2 is 1.87 bits per heavy atom. The number of rotatable bonds is 8. The quantitative estimate of drug-likeness (QED) is 0.500. The lowest BCUT2D eigenvalue weighted by Crippen LogP contribution is -2.46. The van der Waals surface area contributed by atoms with Crippen LogP contribution in [0.3, 0.4) is 0 Å². The molecule has 1 fully saturated rings. The summed E-state index contributed by atoms with van der Waals surface area (Å²) in [7, 11) is -2.22. The van der Waals surface area contributed by atoms with Gasteiger partial charge in [-0.25, -0.2) is 13.8 Å². The molecule has 1 saturated carbocycles. The third-order valence-corrected chi connectivity index (χ3v) is 7.32. The van der Waals surface area contributed by atoms with Crippen LogP contribution in [0.5, 0.6) is 5.75 Å². The first-order valence-corrected chi connectivity index (χ1v) is 11.9. The van der Waals surface area contributed by atoms with Crippen LogP contribution in [0.15, 0.2) is 58.5 Å². The molecule has 3 rings (SSSR count). The smallest absolute Gasteiger partial charge is 0.255 e. The maximum atomic E-state index is 13.3. The lowest BCUT2D eigenvalue weighted by molar-refractivity contribution is -0.121. The van der Waals surface area contributed by atoms with Crippen molar-refractivity contribution in [2.75, 3.05) is 13.7 Å². The van der Waals surface area contributed by atoms with Gasteiger partial charge in [0.2, 0.25) is 10.0 Å². The summed E-state index contributed by atoms with van der Waals surface area (Å²) < 4.78 is 33.2. The maximum Gasteiger partial charge on any atom is 0.255 e. The van der Waals surface area contributed by atoms with Gasteiger partial charge in [0, 0.05) is 6.04 Å². The number of amides is 1. The van der Waals surface area contributed by atoms with Gasteiger partial charge in [0.05, 0.1) is 24.8 Å². The van der Waals surface area contributed by atoms with Crippen molar-refractivity contribution in [2.45, 2.75) is 50.0 Å². The fourth-order valence-corrected chi connectivity index (χ4v) is 5.34. The number of methoxy groups -OCH3 is 1. The van der Waals surface area contributed by atoms with E-state index in [-0.39, 0.29) is 17.5 Å². The van der Waals surface area contributed by atoms with Crippen molar-refractivity contribution >= 4 is 22.1 Å². The third kappa shape index (κ3) is 6.15. The summed E-state index contributed by atoms with van der Waals surface area (Å²) in [5.74, 6) is 0.211. The average molecular weight is 444 g/mol. The largest absolute Gasteiger partial charge is 0.497 e. The van der Waals surface area contributed by atoms with Crippen LogP contribution in [0.1, 0.15) is 43.2 Å². The molecule has 0 atom stereocenters. The van der Waals surface area contributed by atoms with E-state index in [9.17, 15) is 13.2 Å². The van der Waals surface area contributed by atoms with Crippen LogP contribution in [0, 0.1) is 6.92 Å². The molecule has 1 aliphatic carbocycles. The first kappa shape index (κ1) is 23.0. The summed E-state index contributed by atoms with van der Waals surface area (Å²) >= 11 is 0. The molecule has 0 bridgehead atoms. The molecule has 1 N–H and O–H groups in total. The summed E-state index contributed by atoms with van der Waals surface area (Å²) in [5.41, 5.74) is 4.19. The Kier molecular flexibility index (Phi) is 7.81. The highest BCUT2D eigenvalue weighted by molar-refractivity contribution is 7.89. The zero-order chi connectivity index (χ0) is 22.3. The van der Waals surface area contributed by atoms with Crippen molar-refractivity contribution in [3.8, 4) is 5.75 Å². The predicted octanol–water partition coefficient (Wildman–Crippen LogP) is 3.48. The molecule has 8 heteroatoms. The standard InChI is InChI=1S/C23H29N3O4S/c1-18-11-13-22(14-12-18)31(28,29)26(20-8-4-3-5-9-20)17-23(27)25-24-16-19-7-6-10-21(15-19)30-2/h6-7,10-16,20H,3-5,8-9,17H2,1-2H3,(H,25,27)/b24-16+. The van der Waals surface area contributed by atoms with E-state index in [1.165, 1.54) is 10.5 Å². The number of hydrogen-bond acceptors (Lipinski definition) is 5. The molecule has 0 unspecified atom stereocenters. The van der Waals surface area contributed by atoms with Crippen LogP contribution < -0.4 is 10.2 Å². The second-order valence-electron chi connectivity index (χ2n) is 7.72. The predicted molar refractivity (Wildman–Crippen MR) is 121 cm³/mol. The number of benzene rings is 2. The number of hydrazone groups is 1. The molecule has 1 aliphatic rings. The van der Waals surface area contributed by atoms with Crippen LogP contribution in [0.4, 0.5) is 0 Å². The lowest BCUT2D eigenvalue weighted by atomic mass is 9.95. The number of nitrogens with one attached hydrogen (secondary N) is 1. The first-order chi connectivity index (χ1) is 14.9. The van der Waals surface area contributed by atoms with Gasteiger partial charge in [-0.3, -0.25) is 4.79 Å². The van der Waals surface area contributed by atoms with Crippen molar-refractivity contribution in [1.82, 2.24) is 9.73 Å². The van der Waals surface area contributed by atoms with Gasteiger partial charge in [0.1, 0.15) is 5.75 Å². The minimum Gasteiger partial charge on any atom is -0.497 e. The summed E-state index contributed by atoms with van der Waals surface area (Å²) in [6, 6.07) is 13.8. The number of aryl methyl sites for hydroxylation is 1. The van der Waals surface area contributed by atoms with E-state index in [4.69, 9.17) is 4.74 Å². The van der Waals surface area contributed by atoms with E-state index >= 15 is 0 Å². The molecule has 0 saturated heterocycles. The molecule has 1 amide bonds. The number of sulfonamides is 1. The van der Waals surface area contributed by atoms with Crippen LogP contribution in [-0.4, -0.2) is 44.5 Å². The molecule has 31 heavy (non-hydrogen) atoms. The minimum absolute atomic E-state index is 0.187. The number of carbonyl (C=O) groups excluding carboxylic acids is 1. The van der Waals surface area contributed by atoms with E-state index in [1.807, 2.05) is 25.1 Å². The van der Waals surface area contributed by atoms with Crippen molar-refractivity contribution in [2.24, 2.45) is 5.10 Å². The van der Waals surface area contributed by atoms with Gasteiger partial charge in [0.15, 0.2) is 0 Å². The SMILES string of the molecule is COc1cccc(/C=N/NC(=O)CN(C2CCCCC2)S(=O)(=O)c2ccc(C)cc2)c1. The van der Waals surface area contributed by atoms with Crippen molar-refractivity contribution < 1.29 is 17.9 Å². The normalized spacial score (nSPS) is 15.3. The molecule has 166 valence electrons. The van der Waals surface area contributed by atoms with Gasteiger partial charge in [-0.05, 0) is 49.6 Å². The first-order valence-electron chi connectivity index (χ1n) is 10.4. The Morgan fingerprint density at radius 1 is 1.16 bits per heavy atom. The zero-order valence-electron chi connectivity index (χ0n) is 18.0. The highest BCUT2D eigenvalue weighted by atomic mass is 32.2. The Morgan fingerprint density at radius 3 is 2.55 bits per heavy atom. The average Bonchev–Trinajstić information content (AvgIpc) is 2.78. The fourth-order valence-electron chi connectivity index (χ4n) is 3.70. The Bertz CT molecular complexity index is 1010. The molecule has 0 aliphatic heterocycles. The minimum atomic E-state index is -3.79. The molecule has 0 heterocycles. The van der Waals surface area contributed by atoms with Crippen LogP contribution in [0.25, 0.3) is 0 Å². The van der Waals surface area contributed by atoms with Crippen molar-refractivity contribution in [1.29, 1.82) is 0 Å². The van der Waals surface area contributed by atoms with Crippen molar-refractivity contribution in [3.63, 3.8) is 0 Å². The molecule has 2 aromatic rings. The van der Waals surface area contributed by atoms with Crippen LogP contribution in [0.2, 0.25) is 0 Å². The Labute approximate surface area is 184 Å². The van der Waals surface area contributed by atoms with Crippen LogP contribution >= 0.6 is 0 Å². The lowest BCUT2D eigenvalue weighted by Gasteiger charge is -2.32. The summed E-state index contributed by atoms with van der Waals surface area (Å²) in [5, 5.41) is 3.98.